The molecule has 4 atom stereocenters. The number of nitrogens with two attached hydrogens (primary N) is 3. The Morgan fingerprint density at radius 2 is 1.59 bits per heavy atom. The molecule has 4 amide bonds. The molecule has 1 aromatic carbocycles. The van der Waals surface area contributed by atoms with Gasteiger partial charge in [0.1, 0.15) is 18.1 Å². The van der Waals surface area contributed by atoms with Crippen molar-refractivity contribution in [1.29, 1.82) is 0 Å². The minimum Gasteiger partial charge on any atom is -0.368 e. The summed E-state index contributed by atoms with van der Waals surface area (Å²) in [4.78, 5) is 54.7. The average molecular weight is 562 g/mol. The molecule has 216 valence electrons. The second-order valence-corrected chi connectivity index (χ2v) is 10.6. The summed E-state index contributed by atoms with van der Waals surface area (Å²) in [5.74, 6) is -1.51. The van der Waals surface area contributed by atoms with Crippen LogP contribution in [0.4, 0.5) is 0 Å². The molecule has 0 spiro atoms. The van der Waals surface area contributed by atoms with Crippen LogP contribution in [-0.4, -0.2) is 71.3 Å². The number of rotatable bonds is 18. The Morgan fingerprint density at radius 1 is 0.923 bits per heavy atom. The van der Waals surface area contributed by atoms with Crippen molar-refractivity contribution < 1.29 is 19.2 Å². The van der Waals surface area contributed by atoms with E-state index in [0.717, 1.165) is 22.9 Å². The summed E-state index contributed by atoms with van der Waals surface area (Å²) in [6.07, 6.45) is 7.10. The van der Waals surface area contributed by atoms with Crippen LogP contribution in [0.5, 0.6) is 0 Å². The number of aromatic nitrogens is 1. The second kappa shape index (κ2) is 16.8. The van der Waals surface area contributed by atoms with Crippen LogP contribution in [0, 0.1) is 0 Å². The smallest absolute Gasteiger partial charge is 0.243 e. The van der Waals surface area contributed by atoms with E-state index in [4.69, 9.17) is 17.2 Å². The molecule has 0 aliphatic heterocycles. The van der Waals surface area contributed by atoms with E-state index in [2.05, 4.69) is 20.9 Å². The van der Waals surface area contributed by atoms with Crippen molar-refractivity contribution in [3.8, 4) is 0 Å². The van der Waals surface area contributed by atoms with Crippen molar-refractivity contribution in [3.05, 3.63) is 36.0 Å². The fourth-order valence-electron chi connectivity index (χ4n) is 4.28. The number of carbonyl (C=O) groups excluding carboxylic acids is 4. The van der Waals surface area contributed by atoms with Crippen LogP contribution in [0.1, 0.15) is 51.0 Å². The van der Waals surface area contributed by atoms with Gasteiger partial charge >= 0.3 is 0 Å². The van der Waals surface area contributed by atoms with Crippen molar-refractivity contribution >= 4 is 46.3 Å². The van der Waals surface area contributed by atoms with Crippen molar-refractivity contribution in [2.75, 3.05) is 18.6 Å². The third-order valence-corrected chi connectivity index (χ3v) is 7.16. The first-order valence-electron chi connectivity index (χ1n) is 13.4. The summed E-state index contributed by atoms with van der Waals surface area (Å²) in [7, 11) is 0. The van der Waals surface area contributed by atoms with Gasteiger partial charge in [0.05, 0.1) is 6.04 Å². The fraction of sp³-hybridized carbons (Fsp3) is 0.556. The number of nitrogens with one attached hydrogen (secondary N) is 4. The van der Waals surface area contributed by atoms with Crippen LogP contribution in [0.15, 0.2) is 30.5 Å². The molecule has 0 fully saturated rings. The molecule has 0 aliphatic rings. The molecule has 0 aliphatic carbocycles. The first-order valence-corrected chi connectivity index (χ1v) is 14.8. The van der Waals surface area contributed by atoms with Crippen molar-refractivity contribution in [2.45, 2.75) is 76.0 Å². The number of para-hydroxylation sites is 1. The number of H-pyrrole nitrogens is 1. The van der Waals surface area contributed by atoms with E-state index in [9.17, 15) is 19.2 Å². The van der Waals surface area contributed by atoms with E-state index >= 15 is 0 Å². The largest absolute Gasteiger partial charge is 0.368 e. The van der Waals surface area contributed by atoms with Gasteiger partial charge in [0.15, 0.2) is 0 Å². The van der Waals surface area contributed by atoms with Gasteiger partial charge in [-0.2, -0.15) is 11.8 Å². The number of carbonyl (C=O) groups is 4. The quantitative estimate of drug-likeness (QED) is 0.130. The van der Waals surface area contributed by atoms with E-state index in [0.29, 0.717) is 44.4 Å². The average Bonchev–Trinajstić information content (AvgIpc) is 3.32. The normalized spacial score (nSPS) is 14.3. The molecule has 39 heavy (non-hydrogen) atoms. The lowest BCUT2D eigenvalue weighted by atomic mass is 10.0. The molecular formula is C27H43N7O4S. The minimum absolute atomic E-state index is 0.195. The Labute approximate surface area is 234 Å². The van der Waals surface area contributed by atoms with Crippen molar-refractivity contribution in [3.63, 3.8) is 0 Å². The predicted molar refractivity (Wildman–Crippen MR) is 156 cm³/mol. The van der Waals surface area contributed by atoms with E-state index < -0.39 is 47.8 Å². The number of benzene rings is 1. The lowest BCUT2D eigenvalue weighted by Crippen LogP contribution is -2.58. The molecule has 12 heteroatoms. The minimum atomic E-state index is -0.972. The highest BCUT2D eigenvalue weighted by molar-refractivity contribution is 7.98. The van der Waals surface area contributed by atoms with Gasteiger partial charge < -0.3 is 38.1 Å². The maximum Gasteiger partial charge on any atom is 0.243 e. The summed E-state index contributed by atoms with van der Waals surface area (Å²) in [6.45, 7) is 2.39. The monoisotopic (exact) mass is 561 g/mol. The van der Waals surface area contributed by atoms with Gasteiger partial charge in [0.25, 0.3) is 0 Å². The van der Waals surface area contributed by atoms with Crippen LogP contribution in [0.25, 0.3) is 10.9 Å². The summed E-state index contributed by atoms with van der Waals surface area (Å²) in [5, 5.41) is 9.20. The molecule has 0 unspecified atom stereocenters. The van der Waals surface area contributed by atoms with E-state index in [1.165, 1.54) is 11.8 Å². The lowest BCUT2D eigenvalue weighted by Gasteiger charge is -2.25. The Morgan fingerprint density at radius 3 is 2.26 bits per heavy atom. The van der Waals surface area contributed by atoms with Gasteiger partial charge in [-0.3, -0.25) is 19.2 Å². The first kappa shape index (κ1) is 32.1. The van der Waals surface area contributed by atoms with Crippen LogP contribution in [0.3, 0.4) is 0 Å². The summed E-state index contributed by atoms with van der Waals surface area (Å²) >= 11 is 1.52. The number of hydrogen-bond acceptors (Lipinski definition) is 7. The Kier molecular flexibility index (Phi) is 13.8. The highest BCUT2D eigenvalue weighted by Crippen LogP contribution is 2.19. The zero-order valence-electron chi connectivity index (χ0n) is 22.8. The summed E-state index contributed by atoms with van der Waals surface area (Å²) in [6, 6.07) is 4.15. The number of hydrogen-bond donors (Lipinski definition) is 7. The van der Waals surface area contributed by atoms with Crippen LogP contribution in [-0.2, 0) is 25.6 Å². The maximum atomic E-state index is 13.6. The van der Waals surface area contributed by atoms with Crippen LogP contribution >= 0.6 is 11.8 Å². The van der Waals surface area contributed by atoms with E-state index in [1.807, 2.05) is 37.4 Å². The Hall–Kier alpha value is -3.09. The van der Waals surface area contributed by atoms with Gasteiger partial charge in [0, 0.05) is 23.5 Å². The molecule has 0 radical (unpaired) electrons. The van der Waals surface area contributed by atoms with Crippen molar-refractivity contribution in [2.24, 2.45) is 17.2 Å². The van der Waals surface area contributed by atoms with Gasteiger partial charge in [-0.1, -0.05) is 31.5 Å². The van der Waals surface area contributed by atoms with Gasteiger partial charge in [-0.15, -0.1) is 0 Å². The number of fused-ring (bicyclic) bond motifs is 1. The molecule has 0 bridgehead atoms. The topological polar surface area (TPSA) is 198 Å². The zero-order valence-corrected chi connectivity index (χ0v) is 23.6. The number of primary amides is 1. The standard InChI is InChI=1S/C27H43N7O4S/c1-3-8-19(29)25(36)34-23(15-17-16-31-20-10-5-4-9-18(17)20)27(38)33-22(12-14-39-2)26(37)32-21(24(30)35)11-6-7-13-28/h4-5,9-10,16,19,21-23,31H,3,6-8,11-15,28-29H2,1-2H3,(H2,30,35)(H,32,37)(H,33,38)(H,34,36)/t19-,21-,22-,23-/m0/s1. The molecular weight excluding hydrogens is 518 g/mol. The Bertz CT molecular complexity index is 1090. The number of aromatic amines is 1. The first-order chi connectivity index (χ1) is 18.7. The van der Waals surface area contributed by atoms with Gasteiger partial charge in [-0.05, 0) is 62.3 Å². The molecule has 2 rings (SSSR count). The molecule has 0 saturated carbocycles. The molecule has 10 N–H and O–H groups in total. The van der Waals surface area contributed by atoms with E-state index in [-0.39, 0.29) is 6.42 Å². The summed E-state index contributed by atoms with van der Waals surface area (Å²) < 4.78 is 0. The highest BCUT2D eigenvalue weighted by Gasteiger charge is 2.30. The summed E-state index contributed by atoms with van der Waals surface area (Å²) in [5.41, 5.74) is 18.8. The van der Waals surface area contributed by atoms with Crippen molar-refractivity contribution in [1.82, 2.24) is 20.9 Å². The highest BCUT2D eigenvalue weighted by atomic mass is 32.2. The van der Waals surface area contributed by atoms with Gasteiger partial charge in [-0.25, -0.2) is 0 Å². The molecule has 0 saturated heterocycles. The number of thioether (sulfide) groups is 1. The molecule has 1 aromatic heterocycles. The fourth-order valence-corrected chi connectivity index (χ4v) is 4.75. The third kappa shape index (κ3) is 10.2. The van der Waals surface area contributed by atoms with Crippen LogP contribution in [0.2, 0.25) is 0 Å². The number of unbranched alkanes of at least 4 members (excludes halogenated alkanes) is 1. The zero-order chi connectivity index (χ0) is 28.8. The van der Waals surface area contributed by atoms with Crippen LogP contribution < -0.4 is 33.2 Å². The molecule has 11 nitrogen and oxygen atoms in total. The molecule has 2 aromatic rings. The molecule has 1 heterocycles. The second-order valence-electron chi connectivity index (χ2n) is 9.61. The third-order valence-electron chi connectivity index (χ3n) is 6.52. The van der Waals surface area contributed by atoms with E-state index in [1.54, 1.807) is 6.20 Å². The Balaban J connectivity index is 2.24. The SMILES string of the molecule is CCC[C@H](N)C(=O)N[C@@H](Cc1c[nH]c2ccccc12)C(=O)N[C@@H](CCSC)C(=O)N[C@@H](CCCCN)C(N)=O. The van der Waals surface area contributed by atoms with Gasteiger partial charge in [0.2, 0.25) is 23.6 Å². The maximum absolute atomic E-state index is 13.6. The number of amides is 4. The lowest BCUT2D eigenvalue weighted by molar-refractivity contribution is -0.133. The predicted octanol–water partition coefficient (Wildman–Crippen LogP) is 0.660.